The van der Waals surface area contributed by atoms with E-state index in [-0.39, 0.29) is 16.9 Å². The Bertz CT molecular complexity index is 969. The Morgan fingerprint density at radius 1 is 1.04 bits per heavy atom. The molecule has 1 heterocycles. The molecule has 0 saturated heterocycles. The van der Waals surface area contributed by atoms with E-state index in [1.54, 1.807) is 12.1 Å². The van der Waals surface area contributed by atoms with Crippen molar-refractivity contribution in [2.45, 2.75) is 16.6 Å². The second-order valence-corrected chi connectivity index (χ2v) is 9.04. The molecule has 0 bridgehead atoms. The van der Waals surface area contributed by atoms with E-state index in [2.05, 4.69) is 0 Å². The molecule has 2 nitrogen and oxygen atoms in total. The predicted octanol–water partition coefficient (Wildman–Crippen LogP) is 5.44. The van der Waals surface area contributed by atoms with Gasteiger partial charge in [-0.1, -0.05) is 17.7 Å². The second kappa shape index (κ2) is 7.23. The van der Waals surface area contributed by atoms with E-state index in [0.717, 1.165) is 23.1 Å². The standard InChI is InChI=1S/C18H13ClF2O2S2/c19-12-3-6-15(7-4-12)25(22,23)18(11-14-2-1-9-24-14)16-10-13(20)5-8-17(16)21/h1-10,18H,11H2. The van der Waals surface area contributed by atoms with Gasteiger partial charge in [0, 0.05) is 21.9 Å². The third kappa shape index (κ3) is 3.92. The van der Waals surface area contributed by atoms with Crippen LogP contribution in [0.4, 0.5) is 8.78 Å². The quantitative estimate of drug-likeness (QED) is 0.573. The fraction of sp³-hybridized carbons (Fsp3) is 0.111. The third-order valence-electron chi connectivity index (χ3n) is 3.79. The largest absolute Gasteiger partial charge is 0.223 e. The zero-order valence-electron chi connectivity index (χ0n) is 12.8. The molecule has 0 aliphatic carbocycles. The number of thiophene rings is 1. The smallest absolute Gasteiger partial charge is 0.185 e. The molecule has 0 aliphatic rings. The first-order valence-electron chi connectivity index (χ1n) is 7.35. The normalized spacial score (nSPS) is 12.9. The number of halogens is 3. The first-order chi connectivity index (χ1) is 11.9. The molecule has 1 atom stereocenters. The van der Waals surface area contributed by atoms with Gasteiger partial charge in [-0.2, -0.15) is 0 Å². The molecule has 0 saturated carbocycles. The molecule has 0 N–H and O–H groups in total. The van der Waals surface area contributed by atoms with Crippen LogP contribution >= 0.6 is 22.9 Å². The van der Waals surface area contributed by atoms with Crippen molar-refractivity contribution in [1.82, 2.24) is 0 Å². The van der Waals surface area contributed by atoms with Gasteiger partial charge in [-0.15, -0.1) is 11.3 Å². The van der Waals surface area contributed by atoms with E-state index in [9.17, 15) is 17.2 Å². The molecule has 2 aromatic carbocycles. The first-order valence-corrected chi connectivity index (χ1v) is 10.1. The summed E-state index contributed by atoms with van der Waals surface area (Å²) in [5.74, 6) is -1.43. The number of sulfone groups is 1. The summed E-state index contributed by atoms with van der Waals surface area (Å²) in [6, 6.07) is 12.1. The van der Waals surface area contributed by atoms with Gasteiger partial charge in [0.05, 0.1) is 10.1 Å². The van der Waals surface area contributed by atoms with E-state index in [0.29, 0.717) is 5.02 Å². The van der Waals surface area contributed by atoms with Crippen LogP contribution in [0.15, 0.2) is 64.9 Å². The monoisotopic (exact) mass is 398 g/mol. The number of hydrogen-bond acceptors (Lipinski definition) is 3. The fourth-order valence-corrected chi connectivity index (χ4v) is 5.29. The molecule has 0 radical (unpaired) electrons. The van der Waals surface area contributed by atoms with Crippen molar-refractivity contribution in [3.63, 3.8) is 0 Å². The first kappa shape index (κ1) is 18.0. The van der Waals surface area contributed by atoms with Crippen molar-refractivity contribution >= 4 is 32.8 Å². The lowest BCUT2D eigenvalue weighted by molar-refractivity contribution is 0.559. The summed E-state index contributed by atoms with van der Waals surface area (Å²) in [7, 11) is -3.94. The lowest BCUT2D eigenvalue weighted by Gasteiger charge is -2.18. The van der Waals surface area contributed by atoms with Crippen molar-refractivity contribution < 1.29 is 17.2 Å². The lowest BCUT2D eigenvalue weighted by Crippen LogP contribution is -2.17. The highest BCUT2D eigenvalue weighted by molar-refractivity contribution is 7.91. The van der Waals surface area contributed by atoms with Gasteiger partial charge >= 0.3 is 0 Å². The van der Waals surface area contributed by atoms with Crippen molar-refractivity contribution in [2.24, 2.45) is 0 Å². The molecule has 1 aromatic heterocycles. The summed E-state index contributed by atoms with van der Waals surface area (Å²) in [4.78, 5) is 0.785. The highest BCUT2D eigenvalue weighted by Crippen LogP contribution is 2.35. The minimum atomic E-state index is -3.94. The van der Waals surface area contributed by atoms with Gasteiger partial charge in [0.25, 0.3) is 0 Å². The van der Waals surface area contributed by atoms with Crippen LogP contribution in [0, 0.1) is 11.6 Å². The number of rotatable bonds is 5. The second-order valence-electron chi connectivity index (χ2n) is 5.44. The van der Waals surface area contributed by atoms with Gasteiger partial charge in [-0.25, -0.2) is 17.2 Å². The molecule has 3 rings (SSSR count). The summed E-state index contributed by atoms with van der Waals surface area (Å²) in [5.41, 5.74) is -0.177. The molecule has 0 fully saturated rings. The average Bonchev–Trinajstić information content (AvgIpc) is 3.08. The maximum absolute atomic E-state index is 14.3. The van der Waals surface area contributed by atoms with Crippen LogP contribution in [0.2, 0.25) is 5.02 Å². The van der Waals surface area contributed by atoms with Crippen LogP contribution in [0.5, 0.6) is 0 Å². The van der Waals surface area contributed by atoms with Gasteiger partial charge in [-0.05, 0) is 53.9 Å². The minimum Gasteiger partial charge on any atom is -0.223 e. The Labute approximate surface area is 153 Å². The Morgan fingerprint density at radius 3 is 2.40 bits per heavy atom. The van der Waals surface area contributed by atoms with Gasteiger partial charge in [0.15, 0.2) is 9.84 Å². The Balaban J connectivity index is 2.13. The Hall–Kier alpha value is -1.76. The van der Waals surface area contributed by atoms with Crippen molar-refractivity contribution in [3.8, 4) is 0 Å². The molecule has 130 valence electrons. The topological polar surface area (TPSA) is 34.1 Å². The lowest BCUT2D eigenvalue weighted by atomic mass is 10.1. The number of hydrogen-bond donors (Lipinski definition) is 0. The van der Waals surface area contributed by atoms with Crippen molar-refractivity contribution in [1.29, 1.82) is 0 Å². The maximum atomic E-state index is 14.3. The molecule has 0 amide bonds. The van der Waals surface area contributed by atoms with Gasteiger partial charge in [0.1, 0.15) is 11.6 Å². The van der Waals surface area contributed by atoms with E-state index < -0.39 is 26.7 Å². The van der Waals surface area contributed by atoms with Crippen molar-refractivity contribution in [3.05, 3.63) is 87.1 Å². The SMILES string of the molecule is O=S(=O)(c1ccc(Cl)cc1)C(Cc1cccs1)c1cc(F)ccc1F. The summed E-state index contributed by atoms with van der Waals surface area (Å²) in [6.45, 7) is 0. The van der Waals surface area contributed by atoms with Crippen molar-refractivity contribution in [2.75, 3.05) is 0 Å². The average molecular weight is 399 g/mol. The van der Waals surface area contributed by atoms with E-state index in [1.165, 1.54) is 35.6 Å². The summed E-state index contributed by atoms with van der Waals surface area (Å²) in [5, 5.41) is 0.970. The molecule has 3 aromatic rings. The fourth-order valence-electron chi connectivity index (χ4n) is 2.55. The van der Waals surface area contributed by atoms with Crippen LogP contribution in [0.3, 0.4) is 0 Å². The molecule has 1 unspecified atom stereocenters. The van der Waals surface area contributed by atoms with Gasteiger partial charge in [-0.3, -0.25) is 0 Å². The van der Waals surface area contributed by atoms with Crippen LogP contribution < -0.4 is 0 Å². The Kier molecular flexibility index (Phi) is 5.22. The molecular formula is C18H13ClF2O2S2. The van der Waals surface area contributed by atoms with Gasteiger partial charge in [0.2, 0.25) is 0 Å². The maximum Gasteiger partial charge on any atom is 0.185 e. The van der Waals surface area contributed by atoms with E-state index >= 15 is 0 Å². The minimum absolute atomic E-state index is 0.0158. The summed E-state index contributed by atoms with van der Waals surface area (Å²) >= 11 is 7.18. The number of benzene rings is 2. The van der Waals surface area contributed by atoms with Crippen LogP contribution in [0.1, 0.15) is 15.7 Å². The third-order valence-corrected chi connectivity index (χ3v) is 7.04. The highest BCUT2D eigenvalue weighted by Gasteiger charge is 2.32. The van der Waals surface area contributed by atoms with E-state index in [1.807, 2.05) is 5.38 Å². The Morgan fingerprint density at radius 2 is 1.76 bits per heavy atom. The highest BCUT2D eigenvalue weighted by atomic mass is 35.5. The predicted molar refractivity (Wildman–Crippen MR) is 95.8 cm³/mol. The molecular weight excluding hydrogens is 386 g/mol. The van der Waals surface area contributed by atoms with E-state index in [4.69, 9.17) is 11.6 Å². The van der Waals surface area contributed by atoms with Crippen LogP contribution in [-0.2, 0) is 16.3 Å². The molecule has 7 heteroatoms. The molecule has 0 spiro atoms. The summed E-state index contributed by atoms with van der Waals surface area (Å²) < 4.78 is 54.2. The summed E-state index contributed by atoms with van der Waals surface area (Å²) in [6.07, 6.45) is 0.0585. The molecule has 0 aliphatic heterocycles. The molecule has 25 heavy (non-hydrogen) atoms. The van der Waals surface area contributed by atoms with Gasteiger partial charge < -0.3 is 0 Å². The zero-order chi connectivity index (χ0) is 18.0. The zero-order valence-corrected chi connectivity index (χ0v) is 15.2. The van der Waals surface area contributed by atoms with Crippen LogP contribution in [0.25, 0.3) is 0 Å². The van der Waals surface area contributed by atoms with Crippen LogP contribution in [-0.4, -0.2) is 8.42 Å².